The van der Waals surface area contributed by atoms with Gasteiger partial charge in [-0.05, 0) is 32.1 Å². The van der Waals surface area contributed by atoms with Gasteiger partial charge in [-0.2, -0.15) is 0 Å². The Kier molecular flexibility index (Phi) is 3.64. The molecule has 1 aliphatic carbocycles. The lowest BCUT2D eigenvalue weighted by molar-refractivity contribution is 0.0400. The first kappa shape index (κ1) is 8.79. The predicted molar refractivity (Wildman–Crippen MR) is 47.6 cm³/mol. The van der Waals surface area contributed by atoms with Crippen LogP contribution >= 0.6 is 0 Å². The molecule has 0 radical (unpaired) electrons. The van der Waals surface area contributed by atoms with Gasteiger partial charge in [0, 0.05) is 6.61 Å². The van der Waals surface area contributed by atoms with E-state index in [1.54, 1.807) is 0 Å². The van der Waals surface area contributed by atoms with E-state index in [0.29, 0.717) is 6.10 Å². The summed E-state index contributed by atoms with van der Waals surface area (Å²) in [5.74, 6) is 0. The first-order valence-corrected chi connectivity index (χ1v) is 4.61. The molecule has 0 heterocycles. The lowest BCUT2D eigenvalue weighted by Crippen LogP contribution is -2.18. The molecule has 1 nitrogen and oxygen atoms in total. The van der Waals surface area contributed by atoms with Crippen LogP contribution in [0, 0.1) is 0 Å². The summed E-state index contributed by atoms with van der Waals surface area (Å²) in [6.45, 7) is 7.06. The van der Waals surface area contributed by atoms with Crippen LogP contribution in [0.5, 0.6) is 0 Å². The molecule has 64 valence electrons. The molecule has 0 amide bonds. The molecule has 1 fully saturated rings. The average Bonchev–Trinajstić information content (AvgIpc) is 2.01. The molecule has 1 rings (SSSR count). The van der Waals surface area contributed by atoms with Crippen LogP contribution in [0.1, 0.15) is 39.0 Å². The van der Waals surface area contributed by atoms with Crippen molar-refractivity contribution in [3.8, 4) is 0 Å². The fourth-order valence-electron chi connectivity index (χ4n) is 1.53. The summed E-state index contributed by atoms with van der Waals surface area (Å²) >= 11 is 0. The Hall–Kier alpha value is -0.300. The molecule has 1 heteroatoms. The van der Waals surface area contributed by atoms with Gasteiger partial charge < -0.3 is 4.74 Å². The number of hydrogen-bond acceptors (Lipinski definition) is 1. The van der Waals surface area contributed by atoms with Crippen molar-refractivity contribution in [3.63, 3.8) is 0 Å². The maximum absolute atomic E-state index is 5.64. The van der Waals surface area contributed by atoms with Gasteiger partial charge in [-0.3, -0.25) is 0 Å². The molecule has 0 saturated heterocycles. The monoisotopic (exact) mass is 154 g/mol. The normalized spacial score (nSPS) is 25.5. The van der Waals surface area contributed by atoms with Gasteiger partial charge in [0.25, 0.3) is 0 Å². The molecule has 0 bridgehead atoms. The van der Waals surface area contributed by atoms with E-state index >= 15 is 0 Å². The number of ether oxygens (including phenoxy) is 1. The second kappa shape index (κ2) is 4.55. The fourth-order valence-corrected chi connectivity index (χ4v) is 1.53. The standard InChI is InChI=1S/C10H18O/c1-3-7-11-10-6-4-5-9(2)8-10/h10H,2-8H2,1H3. The van der Waals surface area contributed by atoms with Crippen LogP contribution in [0.25, 0.3) is 0 Å². The second-order valence-corrected chi connectivity index (χ2v) is 3.34. The van der Waals surface area contributed by atoms with Gasteiger partial charge in [-0.25, -0.2) is 0 Å². The molecule has 0 spiro atoms. The van der Waals surface area contributed by atoms with E-state index in [4.69, 9.17) is 4.74 Å². The summed E-state index contributed by atoms with van der Waals surface area (Å²) in [5.41, 5.74) is 1.37. The molecule has 0 N–H and O–H groups in total. The maximum atomic E-state index is 5.64. The third-order valence-electron chi connectivity index (χ3n) is 2.13. The van der Waals surface area contributed by atoms with Gasteiger partial charge >= 0.3 is 0 Å². The van der Waals surface area contributed by atoms with Crippen molar-refractivity contribution in [2.24, 2.45) is 0 Å². The van der Waals surface area contributed by atoms with E-state index in [0.717, 1.165) is 19.4 Å². The average molecular weight is 154 g/mol. The third-order valence-corrected chi connectivity index (χ3v) is 2.13. The molecule has 1 unspecified atom stereocenters. The first-order valence-electron chi connectivity index (χ1n) is 4.61. The third kappa shape index (κ3) is 3.06. The highest BCUT2D eigenvalue weighted by molar-refractivity contribution is 4.99. The summed E-state index contributed by atoms with van der Waals surface area (Å²) < 4.78 is 5.64. The quantitative estimate of drug-likeness (QED) is 0.568. The minimum absolute atomic E-state index is 0.483. The van der Waals surface area contributed by atoms with Crippen molar-refractivity contribution < 1.29 is 4.74 Å². The van der Waals surface area contributed by atoms with Crippen molar-refractivity contribution in [2.75, 3.05) is 6.61 Å². The molecule has 0 aromatic heterocycles. The zero-order chi connectivity index (χ0) is 8.10. The molecule has 0 aromatic carbocycles. The predicted octanol–water partition coefficient (Wildman–Crippen LogP) is 2.91. The van der Waals surface area contributed by atoms with E-state index < -0.39 is 0 Å². The molecule has 0 aliphatic heterocycles. The van der Waals surface area contributed by atoms with Crippen molar-refractivity contribution in [2.45, 2.75) is 45.1 Å². The Morgan fingerprint density at radius 3 is 3.09 bits per heavy atom. The van der Waals surface area contributed by atoms with Gasteiger partial charge in [-0.1, -0.05) is 19.1 Å². The van der Waals surface area contributed by atoms with Crippen molar-refractivity contribution in [3.05, 3.63) is 12.2 Å². The van der Waals surface area contributed by atoms with E-state index in [1.165, 1.54) is 24.8 Å². The van der Waals surface area contributed by atoms with Crippen molar-refractivity contribution in [1.82, 2.24) is 0 Å². The number of hydrogen-bond donors (Lipinski definition) is 0. The lowest BCUT2D eigenvalue weighted by atomic mass is 9.94. The van der Waals surface area contributed by atoms with Crippen LogP contribution in [-0.4, -0.2) is 12.7 Å². The van der Waals surface area contributed by atoms with Crippen molar-refractivity contribution in [1.29, 1.82) is 0 Å². The zero-order valence-electron chi connectivity index (χ0n) is 7.44. The first-order chi connectivity index (χ1) is 5.33. The van der Waals surface area contributed by atoms with Crippen LogP contribution in [0.2, 0.25) is 0 Å². The van der Waals surface area contributed by atoms with E-state index in [1.807, 2.05) is 0 Å². The van der Waals surface area contributed by atoms with Gasteiger partial charge in [0.1, 0.15) is 0 Å². The highest BCUT2D eigenvalue weighted by atomic mass is 16.5. The minimum atomic E-state index is 0.483. The summed E-state index contributed by atoms with van der Waals surface area (Å²) in [7, 11) is 0. The SMILES string of the molecule is C=C1CCCC(OCCC)C1. The van der Waals surface area contributed by atoms with Crippen molar-refractivity contribution >= 4 is 0 Å². The second-order valence-electron chi connectivity index (χ2n) is 3.34. The summed E-state index contributed by atoms with van der Waals surface area (Å²) in [6.07, 6.45) is 6.43. The topological polar surface area (TPSA) is 9.23 Å². The molecule has 1 saturated carbocycles. The zero-order valence-corrected chi connectivity index (χ0v) is 7.44. The molecular weight excluding hydrogens is 136 g/mol. The summed E-state index contributed by atoms with van der Waals surface area (Å²) in [6, 6.07) is 0. The molecular formula is C10H18O. The minimum Gasteiger partial charge on any atom is -0.378 e. The van der Waals surface area contributed by atoms with Crippen LogP contribution < -0.4 is 0 Å². The van der Waals surface area contributed by atoms with Gasteiger partial charge in [-0.15, -0.1) is 0 Å². The molecule has 0 aromatic rings. The Balaban J connectivity index is 2.17. The molecule has 11 heavy (non-hydrogen) atoms. The van der Waals surface area contributed by atoms with Crippen LogP contribution in [-0.2, 0) is 4.74 Å². The van der Waals surface area contributed by atoms with Gasteiger partial charge in [0.15, 0.2) is 0 Å². The van der Waals surface area contributed by atoms with Gasteiger partial charge in [0.2, 0.25) is 0 Å². The van der Waals surface area contributed by atoms with E-state index in [9.17, 15) is 0 Å². The Bertz CT molecular complexity index is 129. The van der Waals surface area contributed by atoms with Gasteiger partial charge in [0.05, 0.1) is 6.10 Å². The largest absolute Gasteiger partial charge is 0.378 e. The number of rotatable bonds is 3. The Morgan fingerprint density at radius 1 is 1.64 bits per heavy atom. The fraction of sp³-hybridized carbons (Fsp3) is 0.800. The van der Waals surface area contributed by atoms with Crippen LogP contribution in [0.15, 0.2) is 12.2 Å². The Labute approximate surface area is 69.4 Å². The smallest absolute Gasteiger partial charge is 0.0612 e. The van der Waals surface area contributed by atoms with E-state index in [2.05, 4.69) is 13.5 Å². The van der Waals surface area contributed by atoms with E-state index in [-0.39, 0.29) is 0 Å². The maximum Gasteiger partial charge on any atom is 0.0612 e. The highest BCUT2D eigenvalue weighted by Gasteiger charge is 2.15. The molecule has 1 atom stereocenters. The lowest BCUT2D eigenvalue weighted by Gasteiger charge is -2.23. The summed E-state index contributed by atoms with van der Waals surface area (Å²) in [4.78, 5) is 0. The molecule has 1 aliphatic rings. The van der Waals surface area contributed by atoms with Crippen LogP contribution in [0.4, 0.5) is 0 Å². The summed E-state index contributed by atoms with van der Waals surface area (Å²) in [5, 5.41) is 0. The van der Waals surface area contributed by atoms with Crippen LogP contribution in [0.3, 0.4) is 0 Å². The Morgan fingerprint density at radius 2 is 2.45 bits per heavy atom. The highest BCUT2D eigenvalue weighted by Crippen LogP contribution is 2.23.